The average molecular weight is 718 g/mol. The second-order valence-electron chi connectivity index (χ2n) is 16.3. The normalized spacial score (nSPS) is 15.0. The van der Waals surface area contributed by atoms with E-state index in [2.05, 4.69) is 207 Å². The highest BCUT2D eigenvalue weighted by Gasteiger charge is 2.46. The maximum Gasteiger partial charge on any atom is 0.0714 e. The number of hydrogen-bond acceptors (Lipinski definition) is 1. The minimum absolute atomic E-state index is 0.122. The summed E-state index contributed by atoms with van der Waals surface area (Å²) in [5.74, 6) is 0. The van der Waals surface area contributed by atoms with Crippen molar-refractivity contribution in [3.63, 3.8) is 0 Å². The molecule has 56 heavy (non-hydrogen) atoms. The summed E-state index contributed by atoms with van der Waals surface area (Å²) in [5.41, 5.74) is 21.8. The van der Waals surface area contributed by atoms with Gasteiger partial charge in [0.05, 0.1) is 11.1 Å². The van der Waals surface area contributed by atoms with Crippen LogP contribution in [0.2, 0.25) is 0 Å². The molecule has 3 aliphatic carbocycles. The predicted octanol–water partition coefficient (Wildman–Crippen LogP) is 14.0. The van der Waals surface area contributed by atoms with Crippen molar-refractivity contribution in [2.45, 2.75) is 43.9 Å². The standard InChI is InChI=1S/C55H43N/c1-54(2)48-28-13-11-26-44(48)46-33-31-41(35-50(46)54)56(52-30-16-20-38-19-15-18-37-17-9-10-25-43(37)53(38)52)42-32-34-47-45-27-12-14-29-49(45)55(51(47)36-42,39-21-5-3-6-22-39)40-23-7-4-8-24-40/h3-14,16-17,20-36H,15,18-19H2,1-2H3. The molecule has 268 valence electrons. The topological polar surface area (TPSA) is 3.24 Å². The lowest BCUT2D eigenvalue weighted by molar-refractivity contribution is 0.660. The first-order chi connectivity index (χ1) is 27.5. The molecule has 3 aliphatic rings. The second-order valence-corrected chi connectivity index (χ2v) is 16.3. The zero-order chi connectivity index (χ0) is 37.4. The van der Waals surface area contributed by atoms with Gasteiger partial charge in [-0.15, -0.1) is 0 Å². The molecule has 0 spiro atoms. The first-order valence-electron chi connectivity index (χ1n) is 20.2. The van der Waals surface area contributed by atoms with Crippen molar-refractivity contribution in [2.24, 2.45) is 0 Å². The second kappa shape index (κ2) is 12.5. The Morgan fingerprint density at radius 3 is 1.59 bits per heavy atom. The third-order valence-corrected chi connectivity index (χ3v) is 13.1. The van der Waals surface area contributed by atoms with E-state index in [4.69, 9.17) is 0 Å². The van der Waals surface area contributed by atoms with Crippen molar-refractivity contribution in [2.75, 3.05) is 4.90 Å². The van der Waals surface area contributed by atoms with Crippen LogP contribution in [0.5, 0.6) is 0 Å². The van der Waals surface area contributed by atoms with Crippen LogP contribution in [0.1, 0.15) is 64.8 Å². The lowest BCUT2D eigenvalue weighted by Gasteiger charge is -2.35. The number of nitrogens with zero attached hydrogens (tertiary/aromatic N) is 1. The van der Waals surface area contributed by atoms with Gasteiger partial charge in [0.25, 0.3) is 0 Å². The fourth-order valence-electron chi connectivity index (χ4n) is 10.6. The molecule has 1 nitrogen and oxygen atoms in total. The van der Waals surface area contributed by atoms with E-state index in [1.165, 1.54) is 89.3 Å². The monoisotopic (exact) mass is 717 g/mol. The average Bonchev–Trinajstić information content (AvgIpc) is 3.57. The van der Waals surface area contributed by atoms with Gasteiger partial charge >= 0.3 is 0 Å². The van der Waals surface area contributed by atoms with Gasteiger partial charge in [-0.25, -0.2) is 0 Å². The Kier molecular flexibility index (Phi) is 7.38. The van der Waals surface area contributed by atoms with Crippen LogP contribution in [0.4, 0.5) is 17.1 Å². The number of hydrogen-bond donors (Lipinski definition) is 0. The fourth-order valence-corrected chi connectivity index (χ4v) is 10.6. The molecular weight excluding hydrogens is 675 g/mol. The summed E-state index contributed by atoms with van der Waals surface area (Å²) in [4.78, 5) is 2.57. The molecule has 0 aromatic heterocycles. The van der Waals surface area contributed by atoms with E-state index in [9.17, 15) is 0 Å². The van der Waals surface area contributed by atoms with Crippen LogP contribution in [0.3, 0.4) is 0 Å². The summed E-state index contributed by atoms with van der Waals surface area (Å²) < 4.78 is 0. The Bertz CT molecular complexity index is 2770. The number of aryl methyl sites for hydroxylation is 2. The molecule has 11 rings (SSSR count). The predicted molar refractivity (Wildman–Crippen MR) is 233 cm³/mol. The molecule has 0 bridgehead atoms. The van der Waals surface area contributed by atoms with Gasteiger partial charge in [-0.3, -0.25) is 0 Å². The lowest BCUT2D eigenvalue weighted by Crippen LogP contribution is -2.28. The van der Waals surface area contributed by atoms with E-state index in [-0.39, 0.29) is 5.41 Å². The molecule has 0 N–H and O–H groups in total. The Labute approximate surface area is 330 Å². The summed E-state index contributed by atoms with van der Waals surface area (Å²) >= 11 is 0. The zero-order valence-electron chi connectivity index (χ0n) is 32.0. The number of rotatable bonds is 5. The smallest absolute Gasteiger partial charge is 0.0714 e. The van der Waals surface area contributed by atoms with Crippen molar-refractivity contribution >= 4 is 17.1 Å². The van der Waals surface area contributed by atoms with Crippen molar-refractivity contribution in [1.29, 1.82) is 0 Å². The summed E-state index contributed by atoms with van der Waals surface area (Å²) in [5, 5.41) is 0. The van der Waals surface area contributed by atoms with E-state index in [0.29, 0.717) is 0 Å². The first-order valence-corrected chi connectivity index (χ1v) is 20.2. The highest BCUT2D eigenvalue weighted by molar-refractivity contribution is 5.95. The van der Waals surface area contributed by atoms with E-state index in [0.717, 1.165) is 24.9 Å². The molecule has 8 aromatic rings. The summed E-state index contributed by atoms with van der Waals surface area (Å²) in [7, 11) is 0. The SMILES string of the molecule is CC1(C)c2ccccc2-c2ccc(N(c3ccc4c(c3)C(c3ccccc3)(c3ccccc3)c3ccccc3-4)c3cccc4c3-c3ccccc3CCC4)cc21. The molecule has 0 saturated carbocycles. The van der Waals surface area contributed by atoms with Gasteiger partial charge in [-0.05, 0) is 122 Å². The van der Waals surface area contributed by atoms with Crippen molar-refractivity contribution in [3.8, 4) is 33.4 Å². The van der Waals surface area contributed by atoms with Gasteiger partial charge < -0.3 is 4.90 Å². The minimum atomic E-state index is -0.488. The van der Waals surface area contributed by atoms with E-state index in [1.807, 2.05) is 0 Å². The largest absolute Gasteiger partial charge is 0.310 e. The van der Waals surface area contributed by atoms with Crippen molar-refractivity contribution in [1.82, 2.24) is 0 Å². The Morgan fingerprint density at radius 2 is 0.893 bits per heavy atom. The van der Waals surface area contributed by atoms with Crippen LogP contribution in [0, 0.1) is 0 Å². The molecule has 0 radical (unpaired) electrons. The van der Waals surface area contributed by atoms with Crippen molar-refractivity contribution in [3.05, 3.63) is 233 Å². The number of anilines is 3. The Balaban J connectivity index is 1.21. The van der Waals surface area contributed by atoms with Gasteiger partial charge in [0.2, 0.25) is 0 Å². The van der Waals surface area contributed by atoms with E-state index < -0.39 is 5.41 Å². The van der Waals surface area contributed by atoms with E-state index >= 15 is 0 Å². The highest BCUT2D eigenvalue weighted by atomic mass is 15.1. The Hall–Kier alpha value is -6.44. The lowest BCUT2D eigenvalue weighted by atomic mass is 9.67. The van der Waals surface area contributed by atoms with Crippen molar-refractivity contribution < 1.29 is 0 Å². The molecule has 0 fully saturated rings. The number of benzene rings is 8. The summed E-state index contributed by atoms with van der Waals surface area (Å²) in [6.07, 6.45) is 3.29. The van der Waals surface area contributed by atoms with E-state index in [1.54, 1.807) is 0 Å². The first kappa shape index (κ1) is 32.9. The Morgan fingerprint density at radius 1 is 0.393 bits per heavy atom. The van der Waals surface area contributed by atoms with Crippen LogP contribution in [0.25, 0.3) is 33.4 Å². The van der Waals surface area contributed by atoms with Gasteiger partial charge in [0.1, 0.15) is 0 Å². The minimum Gasteiger partial charge on any atom is -0.310 e. The maximum absolute atomic E-state index is 2.57. The molecule has 0 saturated heterocycles. The quantitative estimate of drug-likeness (QED) is 0.171. The molecule has 8 aromatic carbocycles. The maximum atomic E-state index is 2.57. The molecular formula is C55H43N. The van der Waals surface area contributed by atoms with Gasteiger partial charge in [0.15, 0.2) is 0 Å². The van der Waals surface area contributed by atoms with Crippen LogP contribution in [-0.4, -0.2) is 0 Å². The molecule has 0 unspecified atom stereocenters. The zero-order valence-corrected chi connectivity index (χ0v) is 32.0. The van der Waals surface area contributed by atoms with Crippen LogP contribution < -0.4 is 4.90 Å². The number of fused-ring (bicyclic) bond motifs is 9. The molecule has 0 amide bonds. The van der Waals surface area contributed by atoms with Crippen LogP contribution >= 0.6 is 0 Å². The van der Waals surface area contributed by atoms with Gasteiger partial charge in [-0.1, -0.05) is 172 Å². The molecule has 1 heteroatoms. The van der Waals surface area contributed by atoms with Crippen LogP contribution in [-0.2, 0) is 23.7 Å². The third-order valence-electron chi connectivity index (χ3n) is 13.1. The molecule has 0 aliphatic heterocycles. The molecule has 0 atom stereocenters. The highest BCUT2D eigenvalue weighted by Crippen LogP contribution is 2.58. The van der Waals surface area contributed by atoms with Crippen LogP contribution in [0.15, 0.2) is 188 Å². The third kappa shape index (κ3) is 4.67. The van der Waals surface area contributed by atoms with Gasteiger partial charge in [-0.2, -0.15) is 0 Å². The molecule has 0 heterocycles. The summed E-state index contributed by atoms with van der Waals surface area (Å²) in [6.45, 7) is 4.77. The van der Waals surface area contributed by atoms with Gasteiger partial charge in [0, 0.05) is 22.4 Å². The summed E-state index contributed by atoms with van der Waals surface area (Å²) in [6, 6.07) is 70.9. The fraction of sp³-hybridized carbons (Fsp3) is 0.127.